The number of pyridine rings is 1. The van der Waals surface area contributed by atoms with E-state index in [0.717, 1.165) is 11.4 Å². The van der Waals surface area contributed by atoms with Crippen LogP contribution < -0.4 is 0 Å². The number of carbonyl (C=O) groups is 1. The van der Waals surface area contributed by atoms with E-state index in [9.17, 15) is 4.79 Å². The van der Waals surface area contributed by atoms with Gasteiger partial charge in [-0.2, -0.15) is 0 Å². The monoisotopic (exact) mass is 256 g/mol. The zero-order chi connectivity index (χ0) is 13.7. The Bertz CT molecular complexity index is 530. The molecule has 0 N–H and O–H groups in total. The lowest BCUT2D eigenvalue weighted by molar-refractivity contribution is -0.131. The lowest BCUT2D eigenvalue weighted by Crippen LogP contribution is -2.31. The van der Waals surface area contributed by atoms with Crippen molar-refractivity contribution in [2.75, 3.05) is 7.05 Å². The average Bonchev–Trinajstić information content (AvgIpc) is 2.47. The highest BCUT2D eigenvalue weighted by molar-refractivity contribution is 5.78. The van der Waals surface area contributed by atoms with Crippen molar-refractivity contribution < 1.29 is 4.79 Å². The van der Waals surface area contributed by atoms with Crippen LogP contribution in [0.5, 0.6) is 0 Å². The van der Waals surface area contributed by atoms with Gasteiger partial charge in [0.25, 0.3) is 0 Å². The van der Waals surface area contributed by atoms with Gasteiger partial charge < -0.3 is 4.90 Å². The minimum Gasteiger partial charge on any atom is -0.337 e. The maximum Gasteiger partial charge on any atom is 0.228 e. The smallest absolute Gasteiger partial charge is 0.228 e. The topological polar surface area (TPSA) is 59.0 Å². The SMILES string of the molecule is C[C@@H](c1ccncn1)N(C)C(=O)Cc1ccccn1. The summed E-state index contributed by atoms with van der Waals surface area (Å²) in [6, 6.07) is 7.29. The van der Waals surface area contributed by atoms with Gasteiger partial charge in [0.1, 0.15) is 6.33 Å². The number of carbonyl (C=O) groups excluding carboxylic acids is 1. The molecular weight excluding hydrogens is 240 g/mol. The van der Waals surface area contributed by atoms with Crippen molar-refractivity contribution in [2.24, 2.45) is 0 Å². The van der Waals surface area contributed by atoms with Crippen LogP contribution in [0.3, 0.4) is 0 Å². The molecule has 0 saturated carbocycles. The molecule has 0 aliphatic rings. The Morgan fingerprint density at radius 3 is 2.74 bits per heavy atom. The first-order valence-electron chi connectivity index (χ1n) is 6.10. The van der Waals surface area contributed by atoms with Gasteiger partial charge in [0.05, 0.1) is 18.2 Å². The number of likely N-dealkylation sites (N-methyl/N-ethyl adjacent to an activating group) is 1. The molecule has 1 atom stereocenters. The van der Waals surface area contributed by atoms with Gasteiger partial charge in [-0.15, -0.1) is 0 Å². The standard InChI is InChI=1S/C14H16N4O/c1-11(13-6-8-15-10-17-13)18(2)14(19)9-12-5-3-4-7-16-12/h3-8,10-11H,9H2,1-2H3/t11-/m0/s1. The second kappa shape index (κ2) is 6.04. The lowest BCUT2D eigenvalue weighted by atomic mass is 10.1. The molecule has 98 valence electrons. The summed E-state index contributed by atoms with van der Waals surface area (Å²) in [6.45, 7) is 1.94. The predicted molar refractivity (Wildman–Crippen MR) is 71.2 cm³/mol. The van der Waals surface area contributed by atoms with Crippen LogP contribution in [0, 0.1) is 0 Å². The van der Waals surface area contributed by atoms with Crippen molar-refractivity contribution in [3.63, 3.8) is 0 Å². The molecule has 0 aliphatic carbocycles. The van der Waals surface area contributed by atoms with Crippen LogP contribution in [0.15, 0.2) is 43.0 Å². The Morgan fingerprint density at radius 2 is 2.11 bits per heavy atom. The van der Waals surface area contributed by atoms with E-state index in [1.54, 1.807) is 24.3 Å². The van der Waals surface area contributed by atoms with E-state index in [-0.39, 0.29) is 11.9 Å². The number of aromatic nitrogens is 3. The highest BCUT2D eigenvalue weighted by Crippen LogP contribution is 2.16. The molecule has 0 aliphatic heterocycles. The Morgan fingerprint density at radius 1 is 1.26 bits per heavy atom. The van der Waals surface area contributed by atoms with Crippen LogP contribution >= 0.6 is 0 Å². The van der Waals surface area contributed by atoms with E-state index in [2.05, 4.69) is 15.0 Å². The predicted octanol–water partition coefficient (Wildman–Crippen LogP) is 1.63. The first kappa shape index (κ1) is 13.1. The molecule has 0 fully saturated rings. The third kappa shape index (κ3) is 3.34. The molecule has 2 aromatic rings. The summed E-state index contributed by atoms with van der Waals surface area (Å²) in [7, 11) is 1.78. The quantitative estimate of drug-likeness (QED) is 0.834. The fraction of sp³-hybridized carbons (Fsp3) is 0.286. The van der Waals surface area contributed by atoms with E-state index < -0.39 is 0 Å². The van der Waals surface area contributed by atoms with E-state index in [1.807, 2.05) is 31.2 Å². The molecular formula is C14H16N4O. The van der Waals surface area contributed by atoms with Gasteiger partial charge in [0.2, 0.25) is 5.91 Å². The minimum atomic E-state index is -0.0841. The van der Waals surface area contributed by atoms with E-state index in [0.29, 0.717) is 6.42 Å². The van der Waals surface area contributed by atoms with E-state index in [1.165, 1.54) is 6.33 Å². The van der Waals surface area contributed by atoms with Crippen LogP contribution in [0.1, 0.15) is 24.4 Å². The Labute approximate surface area is 112 Å². The van der Waals surface area contributed by atoms with Crippen LogP contribution in [0.4, 0.5) is 0 Å². The Balaban J connectivity index is 2.03. The molecule has 0 aromatic carbocycles. The minimum absolute atomic E-state index is 0.0183. The summed E-state index contributed by atoms with van der Waals surface area (Å²) in [6.07, 6.45) is 5.15. The molecule has 0 bridgehead atoms. The zero-order valence-corrected chi connectivity index (χ0v) is 11.0. The number of hydrogen-bond donors (Lipinski definition) is 0. The van der Waals surface area contributed by atoms with Gasteiger partial charge >= 0.3 is 0 Å². The number of amides is 1. The van der Waals surface area contributed by atoms with Gasteiger partial charge in [-0.05, 0) is 25.1 Å². The first-order valence-corrected chi connectivity index (χ1v) is 6.10. The van der Waals surface area contributed by atoms with Crippen LogP contribution in [0.25, 0.3) is 0 Å². The maximum absolute atomic E-state index is 12.2. The van der Waals surface area contributed by atoms with Gasteiger partial charge in [-0.3, -0.25) is 9.78 Å². The molecule has 5 heteroatoms. The molecule has 5 nitrogen and oxygen atoms in total. The van der Waals surface area contributed by atoms with Gasteiger partial charge in [-0.25, -0.2) is 9.97 Å². The van der Waals surface area contributed by atoms with Gasteiger partial charge in [0, 0.05) is 25.1 Å². The molecule has 0 saturated heterocycles. The van der Waals surface area contributed by atoms with Crippen molar-refractivity contribution in [1.29, 1.82) is 0 Å². The van der Waals surface area contributed by atoms with Gasteiger partial charge in [-0.1, -0.05) is 6.07 Å². The summed E-state index contributed by atoms with van der Waals surface area (Å²) in [4.78, 5) is 26.1. The van der Waals surface area contributed by atoms with Crippen molar-refractivity contribution in [1.82, 2.24) is 19.9 Å². The molecule has 2 heterocycles. The van der Waals surface area contributed by atoms with Crippen molar-refractivity contribution >= 4 is 5.91 Å². The molecule has 19 heavy (non-hydrogen) atoms. The van der Waals surface area contributed by atoms with Crippen molar-refractivity contribution in [3.8, 4) is 0 Å². The maximum atomic E-state index is 12.2. The molecule has 2 aromatic heterocycles. The van der Waals surface area contributed by atoms with Crippen LogP contribution in [0.2, 0.25) is 0 Å². The van der Waals surface area contributed by atoms with E-state index >= 15 is 0 Å². The highest BCUT2D eigenvalue weighted by Gasteiger charge is 2.18. The lowest BCUT2D eigenvalue weighted by Gasteiger charge is -2.24. The van der Waals surface area contributed by atoms with Gasteiger partial charge in [0.15, 0.2) is 0 Å². The second-order valence-electron chi connectivity index (χ2n) is 4.31. The summed E-state index contributed by atoms with van der Waals surface area (Å²) < 4.78 is 0. The fourth-order valence-corrected chi connectivity index (χ4v) is 1.74. The summed E-state index contributed by atoms with van der Waals surface area (Å²) in [5.41, 5.74) is 1.60. The summed E-state index contributed by atoms with van der Waals surface area (Å²) in [5.74, 6) is 0.0183. The molecule has 1 amide bonds. The number of nitrogens with zero attached hydrogens (tertiary/aromatic N) is 4. The average molecular weight is 256 g/mol. The largest absolute Gasteiger partial charge is 0.337 e. The van der Waals surface area contributed by atoms with Crippen LogP contribution in [-0.2, 0) is 11.2 Å². The van der Waals surface area contributed by atoms with Crippen molar-refractivity contribution in [2.45, 2.75) is 19.4 Å². The van der Waals surface area contributed by atoms with Crippen molar-refractivity contribution in [3.05, 3.63) is 54.4 Å². The first-order chi connectivity index (χ1) is 9.18. The zero-order valence-electron chi connectivity index (χ0n) is 11.0. The molecule has 2 rings (SSSR count). The fourth-order valence-electron chi connectivity index (χ4n) is 1.74. The normalized spacial score (nSPS) is 11.9. The number of rotatable bonds is 4. The van der Waals surface area contributed by atoms with Crippen LogP contribution in [-0.4, -0.2) is 32.8 Å². The number of hydrogen-bond acceptors (Lipinski definition) is 4. The Hall–Kier alpha value is -2.30. The Kier molecular flexibility index (Phi) is 4.18. The summed E-state index contributed by atoms with van der Waals surface area (Å²) in [5, 5.41) is 0. The molecule has 0 radical (unpaired) electrons. The molecule has 0 spiro atoms. The highest BCUT2D eigenvalue weighted by atomic mass is 16.2. The third-order valence-electron chi connectivity index (χ3n) is 3.07. The summed E-state index contributed by atoms with van der Waals surface area (Å²) >= 11 is 0. The second-order valence-corrected chi connectivity index (χ2v) is 4.31. The third-order valence-corrected chi connectivity index (χ3v) is 3.07. The van der Waals surface area contributed by atoms with E-state index in [4.69, 9.17) is 0 Å². The molecule has 0 unspecified atom stereocenters.